The molecule has 1 aliphatic heterocycles. The van der Waals surface area contributed by atoms with Crippen LogP contribution in [0.3, 0.4) is 0 Å². The molecule has 1 rings (SSSR count). The third kappa shape index (κ3) is 1.93. The van der Waals surface area contributed by atoms with Gasteiger partial charge in [0, 0.05) is 13.0 Å². The monoisotopic (exact) mass is 156 g/mol. The average Bonchev–Trinajstić information content (AvgIpc) is 2.05. The van der Waals surface area contributed by atoms with Crippen LogP contribution in [0.25, 0.3) is 0 Å². The summed E-state index contributed by atoms with van der Waals surface area (Å²) in [7, 11) is 0. The van der Waals surface area contributed by atoms with E-state index in [1.54, 1.807) is 0 Å². The molecule has 0 aromatic rings. The number of carbonyl (C=O) groups is 1. The molecule has 4 nitrogen and oxygen atoms in total. The third-order valence-electron chi connectivity index (χ3n) is 1.68. The Morgan fingerprint density at radius 3 is 3.18 bits per heavy atom. The summed E-state index contributed by atoms with van der Waals surface area (Å²) in [6.45, 7) is 2.68. The molecule has 0 unspecified atom stereocenters. The molecule has 4 heteroatoms. The van der Waals surface area contributed by atoms with E-state index in [4.69, 9.17) is 5.11 Å². The van der Waals surface area contributed by atoms with Crippen molar-refractivity contribution in [2.24, 2.45) is 4.99 Å². The third-order valence-corrected chi connectivity index (χ3v) is 1.68. The van der Waals surface area contributed by atoms with Crippen molar-refractivity contribution in [2.75, 3.05) is 6.54 Å². The average molecular weight is 156 g/mol. The van der Waals surface area contributed by atoms with E-state index in [2.05, 4.69) is 10.3 Å². The maximum atomic E-state index is 10.5. The zero-order valence-corrected chi connectivity index (χ0v) is 6.50. The Balaban J connectivity index is 2.62. The first-order valence-corrected chi connectivity index (χ1v) is 3.77. The maximum absolute atomic E-state index is 10.5. The van der Waals surface area contributed by atoms with Gasteiger partial charge in [-0.3, -0.25) is 4.99 Å². The predicted octanol–water partition coefficient (Wildman–Crippen LogP) is 0.241. The maximum Gasteiger partial charge on any atom is 0.328 e. The summed E-state index contributed by atoms with van der Waals surface area (Å²) in [6.07, 6.45) is 1.38. The minimum absolute atomic E-state index is 0.522. The first-order valence-electron chi connectivity index (χ1n) is 3.77. The highest BCUT2D eigenvalue weighted by atomic mass is 16.4. The van der Waals surface area contributed by atoms with Gasteiger partial charge in [-0.05, 0) is 6.42 Å². The molecule has 0 fully saturated rings. The molecule has 0 aromatic carbocycles. The fourth-order valence-corrected chi connectivity index (χ4v) is 1.05. The van der Waals surface area contributed by atoms with Crippen LogP contribution in [0.5, 0.6) is 0 Å². The van der Waals surface area contributed by atoms with Crippen LogP contribution in [0, 0.1) is 0 Å². The van der Waals surface area contributed by atoms with Crippen LogP contribution in [0.15, 0.2) is 4.99 Å². The Bertz CT molecular complexity index is 189. The zero-order valence-electron chi connectivity index (χ0n) is 6.50. The molecule has 0 aliphatic carbocycles. The fourth-order valence-electron chi connectivity index (χ4n) is 1.05. The molecular formula is C7H12N2O2. The summed E-state index contributed by atoms with van der Waals surface area (Å²) in [6, 6.07) is -0.522. The molecule has 0 aromatic heterocycles. The van der Waals surface area contributed by atoms with Gasteiger partial charge in [0.2, 0.25) is 0 Å². The second kappa shape index (κ2) is 3.37. The van der Waals surface area contributed by atoms with E-state index < -0.39 is 12.0 Å². The van der Waals surface area contributed by atoms with Gasteiger partial charge in [0.05, 0.1) is 5.84 Å². The fraction of sp³-hybridized carbons (Fsp3) is 0.714. The van der Waals surface area contributed by atoms with Crippen LogP contribution >= 0.6 is 0 Å². The standard InChI is InChI=1S/C7H12N2O2/c1-2-6-8-4-3-5(9-6)7(10)11/h5H,2-4H2,1H3,(H,8,9)(H,10,11)/t5-/m0/s1. The minimum atomic E-state index is -0.822. The lowest BCUT2D eigenvalue weighted by Crippen LogP contribution is -2.36. The topological polar surface area (TPSA) is 61.7 Å². The lowest BCUT2D eigenvalue weighted by atomic mass is 10.2. The molecule has 2 N–H and O–H groups in total. The van der Waals surface area contributed by atoms with Crippen molar-refractivity contribution in [1.82, 2.24) is 5.32 Å². The molecule has 0 bridgehead atoms. The molecule has 1 heterocycles. The van der Waals surface area contributed by atoms with Crippen molar-refractivity contribution in [3.63, 3.8) is 0 Å². The van der Waals surface area contributed by atoms with Crippen molar-refractivity contribution in [1.29, 1.82) is 0 Å². The summed E-state index contributed by atoms with van der Waals surface area (Å²) in [5.41, 5.74) is 0. The number of amidine groups is 1. The van der Waals surface area contributed by atoms with Gasteiger partial charge in [-0.2, -0.15) is 0 Å². The van der Waals surface area contributed by atoms with Gasteiger partial charge in [0.15, 0.2) is 6.04 Å². The SMILES string of the molecule is CCC1=N[C@H](C(=O)O)CCN1. The van der Waals surface area contributed by atoms with Crippen LogP contribution in [0.1, 0.15) is 19.8 Å². The summed E-state index contributed by atoms with van der Waals surface area (Å²) in [5, 5.41) is 11.7. The second-order valence-corrected chi connectivity index (χ2v) is 2.50. The van der Waals surface area contributed by atoms with Gasteiger partial charge in [-0.15, -0.1) is 0 Å². The van der Waals surface area contributed by atoms with Crippen LogP contribution < -0.4 is 5.32 Å². The molecule has 0 radical (unpaired) electrons. The number of hydrogen-bond acceptors (Lipinski definition) is 3. The number of nitrogens with zero attached hydrogens (tertiary/aromatic N) is 1. The van der Waals surface area contributed by atoms with E-state index in [9.17, 15) is 4.79 Å². The van der Waals surface area contributed by atoms with Crippen molar-refractivity contribution in [2.45, 2.75) is 25.8 Å². The molecule has 0 spiro atoms. The van der Waals surface area contributed by atoms with E-state index in [1.165, 1.54) is 0 Å². The first kappa shape index (κ1) is 8.04. The van der Waals surface area contributed by atoms with Gasteiger partial charge in [-0.1, -0.05) is 6.92 Å². The number of rotatable bonds is 2. The van der Waals surface area contributed by atoms with Crippen molar-refractivity contribution in [3.8, 4) is 0 Å². The number of aliphatic imine (C=N–C) groups is 1. The molecule has 1 atom stereocenters. The Morgan fingerprint density at radius 1 is 1.91 bits per heavy atom. The highest BCUT2D eigenvalue weighted by molar-refractivity contribution is 5.86. The molecule has 0 saturated carbocycles. The lowest BCUT2D eigenvalue weighted by molar-refractivity contribution is -0.138. The molecule has 11 heavy (non-hydrogen) atoms. The number of nitrogens with one attached hydrogen (secondary N) is 1. The minimum Gasteiger partial charge on any atom is -0.480 e. The Hall–Kier alpha value is -1.06. The smallest absolute Gasteiger partial charge is 0.328 e. The van der Waals surface area contributed by atoms with Crippen LogP contribution in [-0.2, 0) is 4.79 Å². The van der Waals surface area contributed by atoms with Gasteiger partial charge < -0.3 is 10.4 Å². The van der Waals surface area contributed by atoms with Crippen LogP contribution in [-0.4, -0.2) is 29.5 Å². The van der Waals surface area contributed by atoms with E-state index in [-0.39, 0.29) is 0 Å². The van der Waals surface area contributed by atoms with Gasteiger partial charge in [0.25, 0.3) is 0 Å². The summed E-state index contributed by atoms with van der Waals surface area (Å²) < 4.78 is 0. The van der Waals surface area contributed by atoms with Gasteiger partial charge >= 0.3 is 5.97 Å². The van der Waals surface area contributed by atoms with E-state index >= 15 is 0 Å². The van der Waals surface area contributed by atoms with Gasteiger partial charge in [-0.25, -0.2) is 4.79 Å². The van der Waals surface area contributed by atoms with Crippen molar-refractivity contribution in [3.05, 3.63) is 0 Å². The van der Waals surface area contributed by atoms with Crippen molar-refractivity contribution >= 4 is 11.8 Å². The Kier molecular flexibility index (Phi) is 2.46. The predicted molar refractivity (Wildman–Crippen MR) is 41.8 cm³/mol. The highest BCUT2D eigenvalue weighted by Gasteiger charge is 2.19. The molecule has 0 amide bonds. The number of aliphatic carboxylic acids is 1. The highest BCUT2D eigenvalue weighted by Crippen LogP contribution is 2.03. The summed E-state index contributed by atoms with van der Waals surface area (Å²) in [4.78, 5) is 14.5. The Labute approximate surface area is 65.3 Å². The van der Waals surface area contributed by atoms with Gasteiger partial charge in [0.1, 0.15) is 0 Å². The number of carboxylic acids is 1. The van der Waals surface area contributed by atoms with E-state index in [0.29, 0.717) is 6.42 Å². The Morgan fingerprint density at radius 2 is 2.64 bits per heavy atom. The van der Waals surface area contributed by atoms with Crippen LogP contribution in [0.4, 0.5) is 0 Å². The van der Waals surface area contributed by atoms with Crippen LogP contribution in [0.2, 0.25) is 0 Å². The molecule has 62 valence electrons. The second-order valence-electron chi connectivity index (χ2n) is 2.50. The lowest BCUT2D eigenvalue weighted by Gasteiger charge is -2.17. The van der Waals surface area contributed by atoms with Crippen molar-refractivity contribution < 1.29 is 9.90 Å². The molecule has 1 aliphatic rings. The first-order chi connectivity index (χ1) is 5.24. The normalized spacial score (nSPS) is 23.7. The van der Waals surface area contributed by atoms with E-state index in [1.807, 2.05) is 6.92 Å². The molecular weight excluding hydrogens is 144 g/mol. The zero-order chi connectivity index (χ0) is 8.27. The summed E-state index contributed by atoms with van der Waals surface area (Å²) in [5.74, 6) is -0.0129. The summed E-state index contributed by atoms with van der Waals surface area (Å²) >= 11 is 0. The van der Waals surface area contributed by atoms with E-state index in [0.717, 1.165) is 18.8 Å². The largest absolute Gasteiger partial charge is 0.480 e. The quantitative estimate of drug-likeness (QED) is 0.602. The number of carboxylic acid groups (broad SMARTS) is 1. The molecule has 0 saturated heterocycles. The number of hydrogen-bond donors (Lipinski definition) is 2.